The van der Waals surface area contributed by atoms with Gasteiger partial charge in [0, 0.05) is 13.1 Å². The van der Waals surface area contributed by atoms with E-state index in [0.717, 1.165) is 24.2 Å². The van der Waals surface area contributed by atoms with Gasteiger partial charge in [0.2, 0.25) is 5.91 Å². The molecule has 0 unspecified atom stereocenters. The molecule has 21 heavy (non-hydrogen) atoms. The van der Waals surface area contributed by atoms with Crippen molar-refractivity contribution >= 4 is 5.91 Å². The van der Waals surface area contributed by atoms with Crippen LogP contribution in [0.25, 0.3) is 0 Å². The fraction of sp³-hybridized carbons (Fsp3) is 0.929. The minimum absolute atomic E-state index is 0.0135. The Labute approximate surface area is 124 Å². The Morgan fingerprint density at radius 1 is 1.38 bits per heavy atom. The second-order valence-corrected chi connectivity index (χ2v) is 5.91. The van der Waals surface area contributed by atoms with Gasteiger partial charge in [-0.15, -0.1) is 0 Å². The number of halogens is 3. The van der Waals surface area contributed by atoms with Crippen LogP contribution in [0.3, 0.4) is 0 Å². The van der Waals surface area contributed by atoms with Crippen LogP contribution in [0.4, 0.5) is 13.2 Å². The fourth-order valence-electron chi connectivity index (χ4n) is 2.55. The Morgan fingerprint density at radius 3 is 2.71 bits per heavy atom. The lowest BCUT2D eigenvalue weighted by Gasteiger charge is -2.26. The molecule has 0 bridgehead atoms. The van der Waals surface area contributed by atoms with Crippen LogP contribution in [-0.4, -0.2) is 56.4 Å². The molecule has 124 valence electrons. The number of hydrogen-bond acceptors (Lipinski definition) is 3. The van der Waals surface area contributed by atoms with Gasteiger partial charge in [-0.2, -0.15) is 13.2 Å². The van der Waals surface area contributed by atoms with Gasteiger partial charge in [-0.1, -0.05) is 19.8 Å². The highest BCUT2D eigenvalue weighted by molar-refractivity contribution is 5.77. The van der Waals surface area contributed by atoms with Crippen LogP contribution in [0.2, 0.25) is 0 Å². The summed E-state index contributed by atoms with van der Waals surface area (Å²) in [4.78, 5) is 12.7. The van der Waals surface area contributed by atoms with E-state index < -0.39 is 12.7 Å². The zero-order valence-corrected chi connectivity index (χ0v) is 12.7. The summed E-state index contributed by atoms with van der Waals surface area (Å²) in [5.74, 6) is 0.358. The van der Waals surface area contributed by atoms with E-state index in [1.165, 1.54) is 13.5 Å². The first-order chi connectivity index (χ1) is 9.76. The Balaban J connectivity index is 2.08. The van der Waals surface area contributed by atoms with Gasteiger partial charge in [-0.3, -0.25) is 9.69 Å². The van der Waals surface area contributed by atoms with E-state index in [0.29, 0.717) is 5.92 Å². The van der Waals surface area contributed by atoms with Crippen molar-refractivity contribution in [3.8, 4) is 0 Å². The Bertz CT molecular complexity index is 324. The number of ether oxygens (including phenoxy) is 1. The molecular formula is C14H25F3N2O2. The number of nitrogens with zero attached hydrogens (tertiary/aromatic N) is 1. The number of carbonyl (C=O) groups excluding carboxylic acids is 1. The van der Waals surface area contributed by atoms with Crippen molar-refractivity contribution < 1.29 is 22.7 Å². The first-order valence-corrected chi connectivity index (χ1v) is 7.40. The van der Waals surface area contributed by atoms with Crippen LogP contribution in [0, 0.1) is 5.92 Å². The van der Waals surface area contributed by atoms with E-state index >= 15 is 0 Å². The maximum absolute atomic E-state index is 12.1. The lowest BCUT2D eigenvalue weighted by molar-refractivity contribution is -0.142. The molecule has 0 radical (unpaired) electrons. The molecule has 1 N–H and O–H groups in total. The topological polar surface area (TPSA) is 41.6 Å². The van der Waals surface area contributed by atoms with Gasteiger partial charge in [-0.25, -0.2) is 0 Å². The molecule has 4 nitrogen and oxygen atoms in total. The minimum atomic E-state index is -4.21. The monoisotopic (exact) mass is 310 g/mol. The zero-order valence-electron chi connectivity index (χ0n) is 12.7. The SMILES string of the molecule is C[C@H]1CCC[C@@H](OCC(=O)NCCN(C)CC(F)(F)F)C1. The third-order valence-corrected chi connectivity index (χ3v) is 3.60. The lowest BCUT2D eigenvalue weighted by atomic mass is 9.89. The predicted molar refractivity (Wildman–Crippen MR) is 73.9 cm³/mol. The summed E-state index contributed by atoms with van der Waals surface area (Å²) in [5.41, 5.74) is 0. The van der Waals surface area contributed by atoms with Gasteiger partial charge in [-0.05, 0) is 25.8 Å². The average Bonchev–Trinajstić information content (AvgIpc) is 2.34. The van der Waals surface area contributed by atoms with E-state index in [4.69, 9.17) is 4.74 Å². The highest BCUT2D eigenvalue weighted by atomic mass is 19.4. The number of carbonyl (C=O) groups is 1. The van der Waals surface area contributed by atoms with Crippen LogP contribution < -0.4 is 5.32 Å². The molecule has 0 aromatic heterocycles. The number of likely N-dealkylation sites (N-methyl/N-ethyl adjacent to an activating group) is 1. The Hall–Kier alpha value is -0.820. The quantitative estimate of drug-likeness (QED) is 0.784. The third-order valence-electron chi connectivity index (χ3n) is 3.60. The average molecular weight is 310 g/mol. The highest BCUT2D eigenvalue weighted by Crippen LogP contribution is 2.25. The number of hydrogen-bond donors (Lipinski definition) is 1. The lowest BCUT2D eigenvalue weighted by Crippen LogP contribution is -2.39. The number of amides is 1. The maximum Gasteiger partial charge on any atom is 0.401 e. The molecule has 1 aliphatic rings. The molecular weight excluding hydrogens is 285 g/mol. The summed E-state index contributed by atoms with van der Waals surface area (Å²) >= 11 is 0. The molecule has 1 amide bonds. The maximum atomic E-state index is 12.1. The van der Waals surface area contributed by atoms with E-state index in [-0.39, 0.29) is 31.7 Å². The van der Waals surface area contributed by atoms with Gasteiger partial charge in [0.1, 0.15) is 6.61 Å². The van der Waals surface area contributed by atoms with Gasteiger partial charge in [0.05, 0.1) is 12.6 Å². The van der Waals surface area contributed by atoms with E-state index in [2.05, 4.69) is 12.2 Å². The highest BCUT2D eigenvalue weighted by Gasteiger charge is 2.28. The summed E-state index contributed by atoms with van der Waals surface area (Å²) in [6, 6.07) is 0. The van der Waals surface area contributed by atoms with E-state index in [1.54, 1.807) is 0 Å². The van der Waals surface area contributed by atoms with Crippen LogP contribution in [-0.2, 0) is 9.53 Å². The molecule has 0 spiro atoms. The Kier molecular flexibility index (Phi) is 7.45. The number of alkyl halides is 3. The third kappa shape index (κ3) is 8.93. The molecule has 0 aliphatic heterocycles. The van der Waals surface area contributed by atoms with Crippen LogP contribution >= 0.6 is 0 Å². The molecule has 1 fully saturated rings. The van der Waals surface area contributed by atoms with Gasteiger partial charge >= 0.3 is 6.18 Å². The summed E-state index contributed by atoms with van der Waals surface area (Å²) < 4.78 is 41.9. The molecule has 2 atom stereocenters. The first kappa shape index (κ1) is 18.2. The van der Waals surface area contributed by atoms with Crippen LogP contribution in [0.1, 0.15) is 32.6 Å². The summed E-state index contributed by atoms with van der Waals surface area (Å²) in [6.45, 7) is 1.54. The van der Waals surface area contributed by atoms with Gasteiger partial charge in [0.15, 0.2) is 0 Å². The normalized spacial score (nSPS) is 23.3. The largest absolute Gasteiger partial charge is 0.401 e. The van der Waals surface area contributed by atoms with Crippen LogP contribution in [0.15, 0.2) is 0 Å². The summed E-state index contributed by atoms with van der Waals surface area (Å²) in [6.07, 6.45) is 0.202. The second-order valence-electron chi connectivity index (χ2n) is 5.91. The first-order valence-electron chi connectivity index (χ1n) is 7.40. The van der Waals surface area contributed by atoms with Crippen molar-refractivity contribution in [1.29, 1.82) is 0 Å². The van der Waals surface area contributed by atoms with Crippen molar-refractivity contribution in [2.45, 2.75) is 44.9 Å². The van der Waals surface area contributed by atoms with Gasteiger partial charge < -0.3 is 10.1 Å². The molecule has 0 aromatic rings. The molecule has 0 saturated heterocycles. The van der Waals surface area contributed by atoms with E-state index in [9.17, 15) is 18.0 Å². The minimum Gasteiger partial charge on any atom is -0.368 e. The van der Waals surface area contributed by atoms with Crippen molar-refractivity contribution in [2.75, 3.05) is 33.3 Å². The smallest absolute Gasteiger partial charge is 0.368 e. The van der Waals surface area contributed by atoms with Crippen LogP contribution in [0.5, 0.6) is 0 Å². The molecule has 0 heterocycles. The molecule has 0 aromatic carbocycles. The predicted octanol–water partition coefficient (Wildman–Crippen LogP) is 2.19. The fourth-order valence-corrected chi connectivity index (χ4v) is 2.55. The second kappa shape index (κ2) is 8.58. The van der Waals surface area contributed by atoms with Crippen molar-refractivity contribution in [3.63, 3.8) is 0 Å². The molecule has 7 heteroatoms. The van der Waals surface area contributed by atoms with Crippen molar-refractivity contribution in [3.05, 3.63) is 0 Å². The van der Waals surface area contributed by atoms with Gasteiger partial charge in [0.25, 0.3) is 0 Å². The van der Waals surface area contributed by atoms with E-state index in [1.807, 2.05) is 0 Å². The summed E-state index contributed by atoms with van der Waals surface area (Å²) in [5, 5.41) is 2.58. The molecule has 1 saturated carbocycles. The van der Waals surface area contributed by atoms with Crippen molar-refractivity contribution in [1.82, 2.24) is 10.2 Å². The molecule has 1 aliphatic carbocycles. The van der Waals surface area contributed by atoms with Crippen molar-refractivity contribution in [2.24, 2.45) is 5.92 Å². The zero-order chi connectivity index (χ0) is 15.9. The standard InChI is InChI=1S/C14H25F3N2O2/c1-11-4-3-5-12(8-11)21-9-13(20)18-6-7-19(2)10-14(15,16)17/h11-12H,3-10H2,1-2H3,(H,18,20)/t11-,12+/m0/s1. The number of rotatable bonds is 7. The Morgan fingerprint density at radius 2 is 2.10 bits per heavy atom. The summed E-state index contributed by atoms with van der Waals surface area (Å²) in [7, 11) is 1.37. The molecule has 1 rings (SSSR count). The number of nitrogens with one attached hydrogen (secondary N) is 1.